The van der Waals surface area contributed by atoms with Crippen molar-refractivity contribution in [2.75, 3.05) is 10.6 Å². The zero-order valence-corrected chi connectivity index (χ0v) is 22.0. The molecule has 5 aromatic rings. The van der Waals surface area contributed by atoms with Gasteiger partial charge in [-0.15, -0.1) is 0 Å². The standard InChI is InChI=1S/C30H26N4O4S/c1-2-9-23-18-25(35)34-26(27(39-30(34)33-23)29(37)32-21-12-7-4-8-13-21)28(36)31-22-14-16-24(17-15-22)38-19-20-10-5-3-6-11-20/h3-8,10-18H,2,9,19H2,1H3,(H,31,36)(H,32,37). The van der Waals surface area contributed by atoms with Crippen molar-refractivity contribution in [2.24, 2.45) is 0 Å². The summed E-state index contributed by atoms with van der Waals surface area (Å²) in [6.45, 7) is 2.41. The van der Waals surface area contributed by atoms with Gasteiger partial charge in [0.05, 0.1) is 0 Å². The largest absolute Gasteiger partial charge is 0.489 e. The van der Waals surface area contributed by atoms with Gasteiger partial charge in [-0.2, -0.15) is 0 Å². The van der Waals surface area contributed by atoms with Gasteiger partial charge in [-0.05, 0) is 48.4 Å². The second-order valence-electron chi connectivity index (χ2n) is 8.81. The molecular formula is C30H26N4O4S. The average Bonchev–Trinajstić information content (AvgIpc) is 3.35. The van der Waals surface area contributed by atoms with Gasteiger partial charge in [0.1, 0.15) is 22.9 Å². The van der Waals surface area contributed by atoms with Crippen molar-refractivity contribution in [1.29, 1.82) is 0 Å². The number of hydrogen-bond donors (Lipinski definition) is 2. The average molecular weight is 539 g/mol. The minimum absolute atomic E-state index is 0.0617. The predicted molar refractivity (Wildman–Crippen MR) is 153 cm³/mol. The van der Waals surface area contributed by atoms with Crippen LogP contribution in [0.5, 0.6) is 5.75 Å². The molecule has 0 radical (unpaired) electrons. The van der Waals surface area contributed by atoms with Gasteiger partial charge in [-0.25, -0.2) is 9.38 Å². The molecule has 0 atom stereocenters. The van der Waals surface area contributed by atoms with E-state index in [9.17, 15) is 14.4 Å². The number of ether oxygens (including phenoxy) is 1. The fourth-order valence-corrected chi connectivity index (χ4v) is 5.08. The van der Waals surface area contributed by atoms with Crippen molar-refractivity contribution in [1.82, 2.24) is 9.38 Å². The molecule has 196 valence electrons. The first-order valence-corrected chi connectivity index (χ1v) is 13.3. The van der Waals surface area contributed by atoms with Gasteiger partial charge in [0.15, 0.2) is 4.96 Å². The molecule has 39 heavy (non-hydrogen) atoms. The van der Waals surface area contributed by atoms with Crippen LogP contribution in [0, 0.1) is 0 Å². The monoisotopic (exact) mass is 538 g/mol. The summed E-state index contributed by atoms with van der Waals surface area (Å²) in [6.07, 6.45) is 1.43. The van der Waals surface area contributed by atoms with Gasteiger partial charge in [-0.1, -0.05) is 73.2 Å². The second-order valence-corrected chi connectivity index (χ2v) is 9.78. The molecule has 8 nitrogen and oxygen atoms in total. The fraction of sp³-hybridized carbons (Fsp3) is 0.133. The molecule has 0 unspecified atom stereocenters. The van der Waals surface area contributed by atoms with E-state index in [1.54, 1.807) is 48.5 Å². The van der Waals surface area contributed by atoms with Crippen LogP contribution in [0.25, 0.3) is 4.96 Å². The smallest absolute Gasteiger partial charge is 0.274 e. The number of fused-ring (bicyclic) bond motifs is 1. The van der Waals surface area contributed by atoms with Crippen molar-refractivity contribution in [3.05, 3.63) is 123 Å². The summed E-state index contributed by atoms with van der Waals surface area (Å²) < 4.78 is 7.02. The Kier molecular flexibility index (Phi) is 7.79. The summed E-state index contributed by atoms with van der Waals surface area (Å²) in [5.41, 5.74) is 2.26. The van der Waals surface area contributed by atoms with Gasteiger partial charge in [0.2, 0.25) is 0 Å². The molecule has 0 fully saturated rings. The molecule has 5 rings (SSSR count). The molecule has 0 saturated heterocycles. The molecular weight excluding hydrogens is 512 g/mol. The van der Waals surface area contributed by atoms with Crippen molar-refractivity contribution in [3.8, 4) is 5.75 Å². The highest BCUT2D eigenvalue weighted by atomic mass is 32.1. The number of nitrogens with one attached hydrogen (secondary N) is 2. The van der Waals surface area contributed by atoms with E-state index in [1.165, 1.54) is 10.5 Å². The van der Waals surface area contributed by atoms with Crippen LogP contribution in [0.3, 0.4) is 0 Å². The topological polar surface area (TPSA) is 102 Å². The lowest BCUT2D eigenvalue weighted by atomic mass is 10.2. The van der Waals surface area contributed by atoms with E-state index >= 15 is 0 Å². The Morgan fingerprint density at radius 3 is 2.21 bits per heavy atom. The third kappa shape index (κ3) is 6.05. The molecule has 2 N–H and O–H groups in total. The van der Waals surface area contributed by atoms with Crippen LogP contribution in [0.15, 0.2) is 95.8 Å². The highest BCUT2D eigenvalue weighted by Crippen LogP contribution is 2.25. The second kappa shape index (κ2) is 11.7. The number of carbonyl (C=O) groups excluding carboxylic acids is 2. The maximum absolute atomic E-state index is 13.5. The van der Waals surface area contributed by atoms with E-state index in [2.05, 4.69) is 15.6 Å². The minimum Gasteiger partial charge on any atom is -0.489 e. The first-order chi connectivity index (χ1) is 19.0. The number of aryl methyl sites for hydroxylation is 1. The molecule has 0 aliphatic heterocycles. The number of thiazole rings is 1. The van der Waals surface area contributed by atoms with E-state index < -0.39 is 17.4 Å². The van der Waals surface area contributed by atoms with Crippen LogP contribution in [-0.2, 0) is 13.0 Å². The van der Waals surface area contributed by atoms with Gasteiger partial charge in [-0.3, -0.25) is 14.4 Å². The summed E-state index contributed by atoms with van der Waals surface area (Å²) in [5.74, 6) is -0.447. The van der Waals surface area contributed by atoms with E-state index in [1.807, 2.05) is 43.3 Å². The van der Waals surface area contributed by atoms with Gasteiger partial charge in [0.25, 0.3) is 17.4 Å². The van der Waals surface area contributed by atoms with Crippen molar-refractivity contribution >= 4 is 39.5 Å². The van der Waals surface area contributed by atoms with Gasteiger partial charge in [0, 0.05) is 23.1 Å². The predicted octanol–water partition coefficient (Wildman–Crippen LogP) is 5.79. The third-order valence-electron chi connectivity index (χ3n) is 5.89. The maximum Gasteiger partial charge on any atom is 0.274 e. The SMILES string of the molecule is CCCc1cc(=O)n2c(C(=O)Nc3ccc(OCc4ccccc4)cc3)c(C(=O)Nc3ccccc3)sc2n1. The van der Waals surface area contributed by atoms with Crippen LogP contribution < -0.4 is 20.9 Å². The summed E-state index contributed by atoms with van der Waals surface area (Å²) >= 11 is 1.01. The first-order valence-electron chi connectivity index (χ1n) is 12.5. The molecule has 0 spiro atoms. The van der Waals surface area contributed by atoms with Gasteiger partial charge >= 0.3 is 0 Å². The van der Waals surface area contributed by atoms with E-state index in [0.29, 0.717) is 40.8 Å². The molecule has 2 heterocycles. The first kappa shape index (κ1) is 25.9. The molecule has 3 aromatic carbocycles. The maximum atomic E-state index is 13.5. The minimum atomic E-state index is -0.593. The lowest BCUT2D eigenvalue weighted by molar-refractivity contribution is 0.0989. The van der Waals surface area contributed by atoms with Crippen molar-refractivity contribution < 1.29 is 14.3 Å². The van der Waals surface area contributed by atoms with Crippen molar-refractivity contribution in [3.63, 3.8) is 0 Å². The highest BCUT2D eigenvalue weighted by molar-refractivity contribution is 7.19. The lowest BCUT2D eigenvalue weighted by Crippen LogP contribution is -2.25. The summed E-state index contributed by atoms with van der Waals surface area (Å²) in [6, 6.07) is 27.0. The molecule has 2 amide bonds. The number of benzene rings is 3. The third-order valence-corrected chi connectivity index (χ3v) is 6.93. The Morgan fingerprint density at radius 1 is 0.872 bits per heavy atom. The number of hydrogen-bond acceptors (Lipinski definition) is 6. The Labute approximate surface area is 228 Å². The fourth-order valence-electron chi connectivity index (χ4n) is 4.04. The molecule has 2 aromatic heterocycles. The number of rotatable bonds is 9. The quantitative estimate of drug-likeness (QED) is 0.247. The van der Waals surface area contributed by atoms with Crippen LogP contribution in [0.1, 0.15) is 44.8 Å². The number of amides is 2. The molecule has 0 aliphatic carbocycles. The van der Waals surface area contributed by atoms with E-state index in [4.69, 9.17) is 4.74 Å². The van der Waals surface area contributed by atoms with Gasteiger partial charge < -0.3 is 15.4 Å². The van der Waals surface area contributed by atoms with Crippen LogP contribution in [-0.4, -0.2) is 21.2 Å². The summed E-state index contributed by atoms with van der Waals surface area (Å²) in [7, 11) is 0. The summed E-state index contributed by atoms with van der Waals surface area (Å²) in [5, 5.41) is 5.61. The highest BCUT2D eigenvalue weighted by Gasteiger charge is 2.26. The van der Waals surface area contributed by atoms with Crippen molar-refractivity contribution in [2.45, 2.75) is 26.4 Å². The van der Waals surface area contributed by atoms with E-state index in [-0.39, 0.29) is 10.6 Å². The Bertz CT molecular complexity index is 1660. The number of para-hydroxylation sites is 1. The van der Waals surface area contributed by atoms with Crippen LogP contribution in [0.2, 0.25) is 0 Å². The molecule has 9 heteroatoms. The zero-order chi connectivity index (χ0) is 27.2. The molecule has 0 aliphatic rings. The molecule has 0 saturated carbocycles. The summed E-state index contributed by atoms with van der Waals surface area (Å²) in [4.78, 5) is 44.8. The normalized spacial score (nSPS) is 10.8. The number of anilines is 2. The Hall–Kier alpha value is -4.76. The molecule has 0 bridgehead atoms. The Morgan fingerprint density at radius 2 is 1.51 bits per heavy atom. The van der Waals surface area contributed by atoms with Crippen LogP contribution in [0.4, 0.5) is 11.4 Å². The van der Waals surface area contributed by atoms with Crippen LogP contribution >= 0.6 is 11.3 Å². The zero-order valence-electron chi connectivity index (χ0n) is 21.2. The number of carbonyl (C=O) groups is 2. The lowest BCUT2D eigenvalue weighted by Gasteiger charge is -2.10. The van der Waals surface area contributed by atoms with E-state index in [0.717, 1.165) is 23.3 Å². The number of aromatic nitrogens is 2. The Balaban J connectivity index is 1.42. The number of nitrogens with zero attached hydrogens (tertiary/aromatic N) is 2.